The van der Waals surface area contributed by atoms with Gasteiger partial charge in [-0.2, -0.15) is 0 Å². The molecule has 17 rings (SSSR count). The highest BCUT2D eigenvalue weighted by molar-refractivity contribution is 5.97. The van der Waals surface area contributed by atoms with Gasteiger partial charge in [-0.05, 0) is 147 Å². The van der Waals surface area contributed by atoms with E-state index in [9.17, 15) is 0 Å². The van der Waals surface area contributed by atoms with Crippen LogP contribution < -0.4 is 0 Å². The molecule has 0 aliphatic rings. The Morgan fingerprint density at radius 1 is 0.130 bits per heavy atom. The summed E-state index contributed by atoms with van der Waals surface area (Å²) < 4.78 is 0. The second kappa shape index (κ2) is 24.3. The highest BCUT2D eigenvalue weighted by Gasteiger charge is 2.17. The van der Waals surface area contributed by atoms with Crippen LogP contribution in [0.2, 0.25) is 0 Å². The molecule has 0 aliphatic heterocycles. The lowest BCUT2D eigenvalue weighted by molar-refractivity contribution is 1.07. The zero-order valence-electron chi connectivity index (χ0n) is 50.0. The summed E-state index contributed by atoms with van der Waals surface area (Å²) in [4.78, 5) is 29.7. The van der Waals surface area contributed by atoms with Crippen molar-refractivity contribution >= 4 is 53.9 Å². The van der Waals surface area contributed by atoms with Crippen LogP contribution in [0.4, 0.5) is 0 Å². The van der Waals surface area contributed by atoms with E-state index in [2.05, 4.69) is 249 Å². The lowest BCUT2D eigenvalue weighted by Crippen LogP contribution is -2.00. The molecule has 0 amide bonds. The minimum atomic E-state index is 0.648. The van der Waals surface area contributed by atoms with Crippen molar-refractivity contribution in [2.45, 2.75) is 0 Å². The third kappa shape index (κ3) is 11.3. The Hall–Kier alpha value is -12.4. The van der Waals surface area contributed by atoms with Gasteiger partial charge in [0.15, 0.2) is 34.9 Å². The van der Waals surface area contributed by atoms with Crippen LogP contribution in [0.1, 0.15) is 0 Å². The minimum Gasteiger partial charge on any atom is -0.208 e. The van der Waals surface area contributed by atoms with Crippen LogP contribution in [0.25, 0.3) is 167 Å². The van der Waals surface area contributed by atoms with Gasteiger partial charge >= 0.3 is 0 Å². The van der Waals surface area contributed by atoms with E-state index in [1.807, 2.05) is 91.0 Å². The molecule has 17 aromatic rings. The molecule has 6 nitrogen and oxygen atoms in total. The fraction of sp³-hybridized carbons (Fsp3) is 0. The molecule has 2 aromatic heterocycles. The van der Waals surface area contributed by atoms with Gasteiger partial charge in [0, 0.05) is 33.4 Å². The van der Waals surface area contributed by atoms with Gasteiger partial charge in [0.1, 0.15) is 0 Å². The first kappa shape index (κ1) is 55.0. The monoisotopic (exact) mass is 1170 g/mol. The van der Waals surface area contributed by atoms with Crippen LogP contribution in [-0.2, 0) is 0 Å². The van der Waals surface area contributed by atoms with Gasteiger partial charge in [0.25, 0.3) is 0 Å². The Bertz CT molecular complexity index is 5530. The lowest BCUT2D eigenvalue weighted by atomic mass is 9.96. The summed E-state index contributed by atoms with van der Waals surface area (Å²) in [5.74, 6) is 3.94. The summed E-state index contributed by atoms with van der Waals surface area (Å²) in [6, 6.07) is 119. The van der Waals surface area contributed by atoms with E-state index in [1.165, 1.54) is 65.3 Å². The molecule has 0 saturated heterocycles. The van der Waals surface area contributed by atoms with Crippen molar-refractivity contribution in [3.8, 4) is 113 Å². The number of rotatable bonds is 10. The van der Waals surface area contributed by atoms with E-state index in [-0.39, 0.29) is 0 Å². The number of hydrogen-bond acceptors (Lipinski definition) is 6. The lowest BCUT2D eigenvalue weighted by Gasteiger charge is -2.11. The standard InChI is InChI=1S/C45H29N3.C41H27N3/c1-2-12-32(13-3-1)43-46-44(48-45(47-43)42-19-9-15-31-11-6-7-18-41(31)42)40-17-8-16-34(29-40)35-22-23-39-28-38(25-24-37(39)27-35)36-21-20-30-10-4-5-14-33(30)26-36;1-3-11-29(12-4-1)39-42-40(30-13-5-2-6-14-30)44-41(43-39)38-17-9-16-32(27-38)33-20-21-37-26-36(23-22-35(37)25-33)34-19-18-28-10-7-8-15-31(28)24-34/h1-29H;1-27H. The maximum absolute atomic E-state index is 5.07. The Kier molecular flexibility index (Phi) is 14.5. The molecule has 15 aromatic carbocycles. The normalized spacial score (nSPS) is 11.3. The van der Waals surface area contributed by atoms with Crippen molar-refractivity contribution in [3.05, 3.63) is 340 Å². The van der Waals surface area contributed by atoms with Crippen molar-refractivity contribution in [1.29, 1.82) is 0 Å². The third-order valence-electron chi connectivity index (χ3n) is 17.2. The quantitative estimate of drug-likeness (QED) is 0.136. The summed E-state index contributed by atoms with van der Waals surface area (Å²) in [5, 5.41) is 12.1. The maximum Gasteiger partial charge on any atom is 0.164 e. The van der Waals surface area contributed by atoms with Gasteiger partial charge in [0.05, 0.1) is 0 Å². The minimum absolute atomic E-state index is 0.648. The van der Waals surface area contributed by atoms with Crippen LogP contribution in [0, 0.1) is 0 Å². The summed E-state index contributed by atoms with van der Waals surface area (Å²) in [7, 11) is 0. The van der Waals surface area contributed by atoms with Gasteiger partial charge < -0.3 is 0 Å². The van der Waals surface area contributed by atoms with Gasteiger partial charge in [-0.3, -0.25) is 0 Å². The molecule has 0 spiro atoms. The van der Waals surface area contributed by atoms with Gasteiger partial charge in [0.2, 0.25) is 0 Å². The summed E-state index contributed by atoms with van der Waals surface area (Å²) in [5.41, 5.74) is 15.2. The topological polar surface area (TPSA) is 77.3 Å². The Morgan fingerprint density at radius 3 is 0.750 bits per heavy atom. The zero-order chi connectivity index (χ0) is 61.2. The van der Waals surface area contributed by atoms with Gasteiger partial charge in [-0.25, -0.2) is 29.9 Å². The van der Waals surface area contributed by atoms with E-state index in [0.717, 1.165) is 66.4 Å². The predicted molar refractivity (Wildman–Crippen MR) is 382 cm³/mol. The first-order chi connectivity index (χ1) is 45.5. The second-order valence-electron chi connectivity index (χ2n) is 23.1. The maximum atomic E-state index is 5.07. The highest BCUT2D eigenvalue weighted by atomic mass is 15.0. The fourth-order valence-electron chi connectivity index (χ4n) is 12.3. The van der Waals surface area contributed by atoms with Gasteiger partial charge in [-0.15, -0.1) is 0 Å². The molecular weight excluding hydrogens is 1120 g/mol. The van der Waals surface area contributed by atoms with E-state index in [4.69, 9.17) is 29.9 Å². The summed E-state index contributed by atoms with van der Waals surface area (Å²) in [6.45, 7) is 0. The van der Waals surface area contributed by atoms with Crippen LogP contribution in [0.3, 0.4) is 0 Å². The Balaban J connectivity index is 0.000000147. The Morgan fingerprint density at radius 2 is 0.370 bits per heavy atom. The highest BCUT2D eigenvalue weighted by Crippen LogP contribution is 2.36. The molecule has 6 heteroatoms. The van der Waals surface area contributed by atoms with E-state index in [1.54, 1.807) is 0 Å². The van der Waals surface area contributed by atoms with Crippen LogP contribution >= 0.6 is 0 Å². The van der Waals surface area contributed by atoms with Crippen molar-refractivity contribution in [1.82, 2.24) is 29.9 Å². The third-order valence-corrected chi connectivity index (χ3v) is 17.2. The first-order valence-electron chi connectivity index (χ1n) is 31.0. The molecule has 0 N–H and O–H groups in total. The molecular formula is C86H56N6. The van der Waals surface area contributed by atoms with E-state index in [0.29, 0.717) is 34.9 Å². The zero-order valence-corrected chi connectivity index (χ0v) is 50.0. The molecule has 0 aliphatic carbocycles. The van der Waals surface area contributed by atoms with Crippen molar-refractivity contribution in [2.24, 2.45) is 0 Å². The number of hydrogen-bond donors (Lipinski definition) is 0. The number of fused-ring (bicyclic) bond motifs is 5. The van der Waals surface area contributed by atoms with Crippen molar-refractivity contribution < 1.29 is 0 Å². The number of nitrogens with zero attached hydrogens (tertiary/aromatic N) is 6. The molecule has 0 atom stereocenters. The van der Waals surface area contributed by atoms with Crippen LogP contribution in [-0.4, -0.2) is 29.9 Å². The molecule has 2 heterocycles. The average molecular weight is 1170 g/mol. The van der Waals surface area contributed by atoms with Crippen LogP contribution in [0.15, 0.2) is 340 Å². The van der Waals surface area contributed by atoms with Gasteiger partial charge in [-0.1, -0.05) is 291 Å². The fourth-order valence-corrected chi connectivity index (χ4v) is 12.3. The molecule has 0 bridgehead atoms. The smallest absolute Gasteiger partial charge is 0.164 e. The molecule has 430 valence electrons. The van der Waals surface area contributed by atoms with E-state index >= 15 is 0 Å². The van der Waals surface area contributed by atoms with Crippen LogP contribution in [0.5, 0.6) is 0 Å². The number of benzene rings is 15. The SMILES string of the molecule is c1ccc(-c2nc(-c3cccc(-c4ccc5cc(-c6ccc7ccccc7c6)ccc5c4)c3)nc(-c3cccc4ccccc34)n2)cc1.c1ccc(-c2nc(-c3ccccc3)nc(-c3cccc(-c4ccc5cc(-c6ccc7ccccc7c6)ccc5c4)c3)n2)cc1. The molecule has 92 heavy (non-hydrogen) atoms. The van der Waals surface area contributed by atoms with E-state index < -0.39 is 0 Å². The second-order valence-corrected chi connectivity index (χ2v) is 23.1. The largest absolute Gasteiger partial charge is 0.208 e. The predicted octanol–water partition coefficient (Wildman–Crippen LogP) is 22.2. The summed E-state index contributed by atoms with van der Waals surface area (Å²) >= 11 is 0. The Labute approximate surface area is 533 Å². The molecule has 0 saturated carbocycles. The molecule has 0 unspecified atom stereocenters. The molecule has 0 radical (unpaired) electrons. The molecule has 0 fully saturated rings. The average Bonchev–Trinajstić information content (AvgIpc) is 1.18. The number of aromatic nitrogens is 6. The first-order valence-corrected chi connectivity index (χ1v) is 31.0. The van der Waals surface area contributed by atoms with Crippen molar-refractivity contribution in [3.63, 3.8) is 0 Å². The summed E-state index contributed by atoms with van der Waals surface area (Å²) in [6.07, 6.45) is 0. The van der Waals surface area contributed by atoms with Crippen molar-refractivity contribution in [2.75, 3.05) is 0 Å².